The van der Waals surface area contributed by atoms with Crippen LogP contribution in [-0.2, 0) is 14.3 Å². The normalized spacial score (nSPS) is 22.3. The van der Waals surface area contributed by atoms with Crippen molar-refractivity contribution in [1.82, 2.24) is 9.38 Å². The van der Waals surface area contributed by atoms with Crippen molar-refractivity contribution < 1.29 is 14.3 Å². The van der Waals surface area contributed by atoms with Crippen molar-refractivity contribution in [2.24, 2.45) is 0 Å². The number of carbonyl (C=O) groups is 1. The fourth-order valence-corrected chi connectivity index (χ4v) is 2.72. The summed E-state index contributed by atoms with van der Waals surface area (Å²) in [6.07, 6.45) is 4.01. The third-order valence-corrected chi connectivity index (χ3v) is 4.14. The first-order valence-electron chi connectivity index (χ1n) is 6.22. The van der Waals surface area contributed by atoms with Crippen LogP contribution in [0.3, 0.4) is 0 Å². The van der Waals surface area contributed by atoms with Gasteiger partial charge in [-0.05, 0) is 28.1 Å². The highest BCUT2D eigenvalue weighted by atomic mass is 79.9. The van der Waals surface area contributed by atoms with E-state index in [9.17, 15) is 4.79 Å². The summed E-state index contributed by atoms with van der Waals surface area (Å²) in [4.78, 5) is 16.7. The van der Waals surface area contributed by atoms with Crippen LogP contribution in [0.15, 0.2) is 29.0 Å². The quantitative estimate of drug-likeness (QED) is 0.926. The molecule has 3 rings (SSSR count). The number of anilines is 1. The summed E-state index contributed by atoms with van der Waals surface area (Å²) < 4.78 is 13.3. The molecule has 2 aromatic heterocycles. The Bertz CT molecular complexity index is 649. The Morgan fingerprint density at radius 3 is 3.20 bits per heavy atom. The number of carbonyl (C=O) groups excluding carboxylic acids is 1. The Morgan fingerprint density at radius 2 is 2.50 bits per heavy atom. The number of rotatable bonds is 3. The standard InChI is InChI=1S/C13H14BrN3O3/c1-19-13(4-6-20-8-13)12(18)16-10-7-15-11-9(14)3-2-5-17(10)11/h2-3,5,7H,4,6,8H2,1H3,(H,16,18). The molecule has 1 amide bonds. The SMILES string of the molecule is COC1(C(=O)Nc2cnc3c(Br)cccn23)CCOC1. The molecule has 6 nitrogen and oxygen atoms in total. The molecule has 1 unspecified atom stereocenters. The second-order valence-electron chi connectivity index (χ2n) is 4.65. The number of fused-ring (bicyclic) bond motifs is 1. The van der Waals surface area contributed by atoms with Gasteiger partial charge in [0.2, 0.25) is 0 Å². The molecule has 7 heteroatoms. The Balaban J connectivity index is 1.90. The van der Waals surface area contributed by atoms with Gasteiger partial charge < -0.3 is 14.8 Å². The lowest BCUT2D eigenvalue weighted by molar-refractivity contribution is -0.137. The van der Waals surface area contributed by atoms with Crippen molar-refractivity contribution in [3.8, 4) is 0 Å². The van der Waals surface area contributed by atoms with Crippen molar-refractivity contribution >= 4 is 33.3 Å². The van der Waals surface area contributed by atoms with Crippen LogP contribution in [-0.4, -0.2) is 41.2 Å². The van der Waals surface area contributed by atoms with Gasteiger partial charge in [0.05, 0.1) is 23.9 Å². The lowest BCUT2D eigenvalue weighted by Gasteiger charge is -2.24. The van der Waals surface area contributed by atoms with E-state index in [2.05, 4.69) is 26.2 Å². The molecule has 1 aliphatic heterocycles. The van der Waals surface area contributed by atoms with Crippen LogP contribution >= 0.6 is 15.9 Å². The van der Waals surface area contributed by atoms with Crippen molar-refractivity contribution in [3.05, 3.63) is 29.0 Å². The van der Waals surface area contributed by atoms with Gasteiger partial charge in [0.15, 0.2) is 11.2 Å². The summed E-state index contributed by atoms with van der Waals surface area (Å²) in [5, 5.41) is 2.86. The van der Waals surface area contributed by atoms with Crippen molar-refractivity contribution in [2.45, 2.75) is 12.0 Å². The van der Waals surface area contributed by atoms with E-state index in [4.69, 9.17) is 9.47 Å². The maximum atomic E-state index is 12.4. The molecule has 20 heavy (non-hydrogen) atoms. The van der Waals surface area contributed by atoms with Crippen LogP contribution in [0.4, 0.5) is 5.82 Å². The zero-order chi connectivity index (χ0) is 14.2. The van der Waals surface area contributed by atoms with Gasteiger partial charge in [0.25, 0.3) is 5.91 Å². The molecule has 0 aliphatic carbocycles. The van der Waals surface area contributed by atoms with Crippen LogP contribution in [0.2, 0.25) is 0 Å². The predicted octanol–water partition coefficient (Wildman–Crippen LogP) is 1.84. The molecule has 0 radical (unpaired) electrons. The number of hydrogen-bond acceptors (Lipinski definition) is 4. The fourth-order valence-electron chi connectivity index (χ4n) is 2.28. The summed E-state index contributed by atoms with van der Waals surface area (Å²) in [6, 6.07) is 3.77. The molecular formula is C13H14BrN3O3. The molecule has 0 spiro atoms. The summed E-state index contributed by atoms with van der Waals surface area (Å²) in [7, 11) is 1.53. The van der Waals surface area contributed by atoms with Crippen molar-refractivity contribution in [3.63, 3.8) is 0 Å². The highest BCUT2D eigenvalue weighted by Crippen LogP contribution is 2.26. The van der Waals surface area contributed by atoms with Crippen LogP contribution in [0.1, 0.15) is 6.42 Å². The highest BCUT2D eigenvalue weighted by Gasteiger charge is 2.42. The zero-order valence-electron chi connectivity index (χ0n) is 10.9. The monoisotopic (exact) mass is 339 g/mol. The van der Waals surface area contributed by atoms with E-state index in [1.165, 1.54) is 7.11 Å². The third-order valence-electron chi connectivity index (χ3n) is 3.52. The first-order chi connectivity index (χ1) is 9.66. The Morgan fingerprint density at radius 1 is 1.65 bits per heavy atom. The van der Waals surface area contributed by atoms with Crippen LogP contribution in [0, 0.1) is 0 Å². The number of pyridine rings is 1. The lowest BCUT2D eigenvalue weighted by atomic mass is 10.0. The lowest BCUT2D eigenvalue weighted by Crippen LogP contribution is -2.45. The van der Waals surface area contributed by atoms with E-state index in [1.807, 2.05) is 18.3 Å². The third kappa shape index (κ3) is 2.11. The predicted molar refractivity (Wildman–Crippen MR) is 76.7 cm³/mol. The van der Waals surface area contributed by atoms with E-state index in [1.54, 1.807) is 10.6 Å². The van der Waals surface area contributed by atoms with Gasteiger partial charge >= 0.3 is 0 Å². The number of halogens is 1. The Labute approximate surface area is 124 Å². The molecule has 1 atom stereocenters. The largest absolute Gasteiger partial charge is 0.378 e. The molecule has 0 bridgehead atoms. The smallest absolute Gasteiger partial charge is 0.260 e. The number of nitrogens with one attached hydrogen (secondary N) is 1. The van der Waals surface area contributed by atoms with E-state index in [-0.39, 0.29) is 12.5 Å². The summed E-state index contributed by atoms with van der Waals surface area (Å²) >= 11 is 3.43. The van der Waals surface area contributed by atoms with Crippen LogP contribution < -0.4 is 5.32 Å². The summed E-state index contributed by atoms with van der Waals surface area (Å²) in [5.41, 5.74) is -0.159. The van der Waals surface area contributed by atoms with Gasteiger partial charge in [0.1, 0.15) is 5.82 Å². The molecule has 0 saturated carbocycles. The number of amides is 1. The van der Waals surface area contributed by atoms with Gasteiger partial charge in [-0.25, -0.2) is 4.98 Å². The van der Waals surface area contributed by atoms with E-state index in [0.717, 1.165) is 10.1 Å². The van der Waals surface area contributed by atoms with E-state index in [0.29, 0.717) is 18.8 Å². The molecule has 1 saturated heterocycles. The number of imidazole rings is 1. The van der Waals surface area contributed by atoms with Crippen LogP contribution in [0.25, 0.3) is 5.65 Å². The van der Waals surface area contributed by atoms with Gasteiger partial charge in [-0.1, -0.05) is 0 Å². The van der Waals surface area contributed by atoms with E-state index >= 15 is 0 Å². The molecule has 1 aliphatic rings. The second-order valence-corrected chi connectivity index (χ2v) is 5.50. The molecule has 1 N–H and O–H groups in total. The highest BCUT2D eigenvalue weighted by molar-refractivity contribution is 9.10. The topological polar surface area (TPSA) is 64.9 Å². The molecule has 3 heterocycles. The molecule has 0 aromatic carbocycles. The maximum Gasteiger partial charge on any atom is 0.260 e. The second kappa shape index (κ2) is 5.16. The van der Waals surface area contributed by atoms with Gasteiger partial charge in [-0.15, -0.1) is 0 Å². The first-order valence-corrected chi connectivity index (χ1v) is 7.01. The minimum Gasteiger partial charge on any atom is -0.378 e. The average molecular weight is 340 g/mol. The maximum absolute atomic E-state index is 12.4. The number of methoxy groups -OCH3 is 1. The number of aromatic nitrogens is 2. The fraction of sp³-hybridized carbons (Fsp3) is 0.385. The molecule has 106 valence electrons. The molecule has 2 aromatic rings. The average Bonchev–Trinajstić information content (AvgIpc) is 3.07. The van der Waals surface area contributed by atoms with Crippen LogP contribution in [0.5, 0.6) is 0 Å². The molecular weight excluding hydrogens is 326 g/mol. The number of ether oxygens (including phenoxy) is 2. The number of hydrogen-bond donors (Lipinski definition) is 1. The zero-order valence-corrected chi connectivity index (χ0v) is 12.5. The van der Waals surface area contributed by atoms with Crippen molar-refractivity contribution in [2.75, 3.05) is 25.6 Å². The Kier molecular flexibility index (Phi) is 3.49. The summed E-state index contributed by atoms with van der Waals surface area (Å²) in [6.45, 7) is 0.801. The van der Waals surface area contributed by atoms with Gasteiger partial charge in [-0.2, -0.15) is 0 Å². The first kappa shape index (κ1) is 13.5. The Hall–Kier alpha value is -1.44. The summed E-state index contributed by atoms with van der Waals surface area (Å²) in [5.74, 6) is 0.397. The van der Waals surface area contributed by atoms with E-state index < -0.39 is 5.60 Å². The minimum absolute atomic E-state index is 0.209. The number of nitrogens with zero attached hydrogens (tertiary/aromatic N) is 2. The minimum atomic E-state index is -0.907. The molecule has 1 fully saturated rings. The van der Waals surface area contributed by atoms with Gasteiger partial charge in [-0.3, -0.25) is 9.20 Å². The van der Waals surface area contributed by atoms with Crippen molar-refractivity contribution in [1.29, 1.82) is 0 Å². The van der Waals surface area contributed by atoms with Gasteiger partial charge in [0, 0.05) is 19.7 Å².